The molecule has 0 aliphatic rings. The Morgan fingerprint density at radius 3 is 2.24 bits per heavy atom. The minimum atomic E-state index is 0.867. The van der Waals surface area contributed by atoms with E-state index in [1.54, 1.807) is 0 Å². The second kappa shape index (κ2) is 11.1. The number of nitrogens with zero attached hydrogens (tertiary/aromatic N) is 3. The summed E-state index contributed by atoms with van der Waals surface area (Å²) in [6, 6.07) is 28.0. The van der Waals surface area contributed by atoms with Crippen molar-refractivity contribution in [3.05, 3.63) is 113 Å². The molecule has 3 aromatic carbocycles. The van der Waals surface area contributed by atoms with Crippen molar-refractivity contribution in [3.8, 4) is 11.4 Å². The molecule has 3 nitrogen and oxygen atoms in total. The van der Waals surface area contributed by atoms with Crippen LogP contribution in [0, 0.1) is 13.8 Å². The van der Waals surface area contributed by atoms with Crippen molar-refractivity contribution < 1.29 is 0 Å². The van der Waals surface area contributed by atoms with Crippen LogP contribution < -0.4 is 0 Å². The first kappa shape index (κ1) is 23.0. The maximum Gasteiger partial charge on any atom is 0.140 e. The predicted octanol–water partition coefficient (Wildman–Crippen LogP) is 7.17. The zero-order chi connectivity index (χ0) is 23.0. The van der Waals surface area contributed by atoms with Crippen LogP contribution in [0.2, 0.25) is 0 Å². The van der Waals surface area contributed by atoms with Crippen molar-refractivity contribution >= 4 is 0 Å². The molecular formula is C30H35N3. The van der Waals surface area contributed by atoms with Gasteiger partial charge in [-0.1, -0.05) is 92.2 Å². The molecule has 0 aliphatic heterocycles. The Kier molecular flexibility index (Phi) is 7.74. The van der Waals surface area contributed by atoms with E-state index >= 15 is 0 Å². The van der Waals surface area contributed by atoms with E-state index < -0.39 is 0 Å². The molecule has 0 aliphatic carbocycles. The number of unbranched alkanes of at least 4 members (excludes halogenated alkanes) is 1. The number of aryl methyl sites for hydroxylation is 1. The second-order valence-corrected chi connectivity index (χ2v) is 8.93. The molecule has 1 aromatic heterocycles. The van der Waals surface area contributed by atoms with Gasteiger partial charge in [0.2, 0.25) is 0 Å². The fraction of sp³-hybridized carbons (Fsp3) is 0.300. The van der Waals surface area contributed by atoms with Crippen LogP contribution in [0.3, 0.4) is 0 Å². The number of aromatic nitrogens is 2. The number of rotatable bonds is 10. The van der Waals surface area contributed by atoms with Crippen LogP contribution in [0.4, 0.5) is 0 Å². The first-order valence-corrected chi connectivity index (χ1v) is 12.1. The van der Waals surface area contributed by atoms with Crippen molar-refractivity contribution in [2.45, 2.75) is 59.8 Å². The van der Waals surface area contributed by atoms with Gasteiger partial charge in [0.05, 0.1) is 11.9 Å². The summed E-state index contributed by atoms with van der Waals surface area (Å²) < 4.78 is 2.43. The highest BCUT2D eigenvalue weighted by Gasteiger charge is 2.16. The van der Waals surface area contributed by atoms with Crippen LogP contribution in [0.5, 0.6) is 0 Å². The predicted molar refractivity (Wildman–Crippen MR) is 138 cm³/mol. The molecule has 3 heteroatoms. The van der Waals surface area contributed by atoms with Gasteiger partial charge in [-0.2, -0.15) is 0 Å². The van der Waals surface area contributed by atoms with Crippen molar-refractivity contribution in [3.63, 3.8) is 0 Å². The molecule has 0 N–H and O–H groups in total. The van der Waals surface area contributed by atoms with Crippen LogP contribution in [0.25, 0.3) is 11.4 Å². The normalized spacial score (nSPS) is 11.3. The summed E-state index contributed by atoms with van der Waals surface area (Å²) in [6.07, 6.45) is 4.40. The Morgan fingerprint density at radius 2 is 1.52 bits per heavy atom. The summed E-state index contributed by atoms with van der Waals surface area (Å²) in [6.45, 7) is 10.4. The summed E-state index contributed by atoms with van der Waals surface area (Å²) in [5.74, 6) is 1.07. The minimum absolute atomic E-state index is 0.867. The lowest BCUT2D eigenvalue weighted by atomic mass is 10.0. The number of hydrogen-bond acceptors (Lipinski definition) is 2. The Hall–Kier alpha value is -3.17. The molecule has 0 amide bonds. The maximum absolute atomic E-state index is 4.87. The fourth-order valence-electron chi connectivity index (χ4n) is 4.38. The molecule has 0 saturated heterocycles. The van der Waals surface area contributed by atoms with Gasteiger partial charge in [0.1, 0.15) is 5.82 Å². The zero-order valence-corrected chi connectivity index (χ0v) is 20.2. The molecule has 0 atom stereocenters. The van der Waals surface area contributed by atoms with Gasteiger partial charge in [-0.15, -0.1) is 0 Å². The highest BCUT2D eigenvalue weighted by molar-refractivity contribution is 5.55. The molecule has 4 aromatic rings. The zero-order valence-electron chi connectivity index (χ0n) is 20.2. The standard InChI is InChI=1S/C30H35N3/c1-4-5-19-33-29(20-31-30(33)27-16-10-7-11-17-27)23-32(21-26-14-8-6-9-15-26)22-28-18-12-13-24(2)25(28)3/h6-18,20H,4-5,19,21-23H2,1-3H3. The first-order chi connectivity index (χ1) is 16.2. The Labute approximate surface area is 198 Å². The molecule has 4 rings (SSSR count). The summed E-state index contributed by atoms with van der Waals surface area (Å²) >= 11 is 0. The van der Waals surface area contributed by atoms with E-state index in [0.29, 0.717) is 0 Å². The molecule has 1 heterocycles. The van der Waals surface area contributed by atoms with Gasteiger partial charge in [0.25, 0.3) is 0 Å². The highest BCUT2D eigenvalue weighted by atomic mass is 15.2. The smallest absolute Gasteiger partial charge is 0.140 e. The van der Waals surface area contributed by atoms with E-state index in [2.05, 4.69) is 115 Å². The van der Waals surface area contributed by atoms with E-state index in [1.165, 1.54) is 39.9 Å². The quantitative estimate of drug-likeness (QED) is 0.262. The summed E-state index contributed by atoms with van der Waals surface area (Å²) in [5.41, 5.74) is 7.94. The molecule has 33 heavy (non-hydrogen) atoms. The van der Waals surface area contributed by atoms with Gasteiger partial charge in [-0.05, 0) is 42.5 Å². The van der Waals surface area contributed by atoms with Crippen LogP contribution in [-0.4, -0.2) is 14.5 Å². The van der Waals surface area contributed by atoms with E-state index in [1.807, 2.05) is 0 Å². The highest BCUT2D eigenvalue weighted by Crippen LogP contribution is 2.23. The number of hydrogen-bond donors (Lipinski definition) is 0. The molecule has 0 unspecified atom stereocenters. The SMILES string of the molecule is CCCCn1c(CN(Cc2ccccc2)Cc2cccc(C)c2C)cnc1-c1ccccc1. The van der Waals surface area contributed by atoms with Gasteiger partial charge >= 0.3 is 0 Å². The second-order valence-electron chi connectivity index (χ2n) is 8.93. The van der Waals surface area contributed by atoms with Gasteiger partial charge in [0, 0.05) is 31.7 Å². The van der Waals surface area contributed by atoms with Gasteiger partial charge in [0.15, 0.2) is 0 Å². The molecule has 0 saturated carbocycles. The summed E-state index contributed by atoms with van der Waals surface area (Å²) in [7, 11) is 0. The van der Waals surface area contributed by atoms with Crippen LogP contribution in [0.15, 0.2) is 85.1 Å². The van der Waals surface area contributed by atoms with E-state index in [0.717, 1.165) is 38.4 Å². The minimum Gasteiger partial charge on any atom is -0.327 e. The fourth-order valence-corrected chi connectivity index (χ4v) is 4.38. The van der Waals surface area contributed by atoms with Crippen LogP contribution in [0.1, 0.15) is 47.7 Å². The Bertz CT molecular complexity index is 1150. The average molecular weight is 438 g/mol. The van der Waals surface area contributed by atoms with E-state index in [4.69, 9.17) is 4.98 Å². The molecule has 0 bridgehead atoms. The van der Waals surface area contributed by atoms with E-state index in [-0.39, 0.29) is 0 Å². The van der Waals surface area contributed by atoms with Gasteiger partial charge in [-0.3, -0.25) is 4.90 Å². The first-order valence-electron chi connectivity index (χ1n) is 12.1. The molecule has 170 valence electrons. The third kappa shape index (κ3) is 5.80. The Morgan fingerprint density at radius 1 is 0.788 bits per heavy atom. The van der Waals surface area contributed by atoms with Crippen LogP contribution in [-0.2, 0) is 26.2 Å². The number of benzene rings is 3. The lowest BCUT2D eigenvalue weighted by Crippen LogP contribution is -2.24. The van der Waals surface area contributed by atoms with E-state index in [9.17, 15) is 0 Å². The van der Waals surface area contributed by atoms with Crippen molar-refractivity contribution in [1.29, 1.82) is 0 Å². The van der Waals surface area contributed by atoms with Gasteiger partial charge in [-0.25, -0.2) is 4.98 Å². The topological polar surface area (TPSA) is 21.1 Å². The van der Waals surface area contributed by atoms with Gasteiger partial charge < -0.3 is 4.57 Å². The maximum atomic E-state index is 4.87. The summed E-state index contributed by atoms with van der Waals surface area (Å²) in [4.78, 5) is 7.42. The Balaban J connectivity index is 1.66. The molecule has 0 spiro atoms. The third-order valence-electron chi connectivity index (χ3n) is 6.45. The van der Waals surface area contributed by atoms with Crippen molar-refractivity contribution in [2.75, 3.05) is 0 Å². The lowest BCUT2D eigenvalue weighted by Gasteiger charge is -2.25. The molecule has 0 radical (unpaired) electrons. The lowest BCUT2D eigenvalue weighted by molar-refractivity contribution is 0.240. The monoisotopic (exact) mass is 437 g/mol. The third-order valence-corrected chi connectivity index (χ3v) is 6.45. The molecule has 0 fully saturated rings. The van der Waals surface area contributed by atoms with Crippen LogP contribution >= 0.6 is 0 Å². The van der Waals surface area contributed by atoms with Crippen molar-refractivity contribution in [2.24, 2.45) is 0 Å². The largest absolute Gasteiger partial charge is 0.327 e. The number of imidazole rings is 1. The summed E-state index contributed by atoms with van der Waals surface area (Å²) in [5, 5.41) is 0. The van der Waals surface area contributed by atoms with Crippen molar-refractivity contribution in [1.82, 2.24) is 14.5 Å². The molecular weight excluding hydrogens is 402 g/mol. The average Bonchev–Trinajstić information content (AvgIpc) is 3.24.